The number of alkyl carbamates (subject to hydrolysis) is 1. The van der Waals surface area contributed by atoms with E-state index in [1.807, 2.05) is 0 Å². The van der Waals surface area contributed by atoms with E-state index in [9.17, 15) is 4.79 Å². The molecule has 3 N–H and O–H groups in total. The molecule has 1 amide bonds. The molecular weight excluding hydrogens is 270 g/mol. The molecule has 0 heterocycles. The minimum absolute atomic E-state index is 0.236. The van der Waals surface area contributed by atoms with Gasteiger partial charge in [-0.1, -0.05) is 19.6 Å². The van der Waals surface area contributed by atoms with Gasteiger partial charge >= 0.3 is 6.09 Å². The average molecular weight is 291 g/mol. The van der Waals surface area contributed by atoms with E-state index in [0.29, 0.717) is 23.4 Å². The normalized spacial score (nSPS) is 10.7. The summed E-state index contributed by atoms with van der Waals surface area (Å²) in [5, 5.41) is 11.6. The summed E-state index contributed by atoms with van der Waals surface area (Å²) in [4.78, 5) is 11.6. The number of rotatable bonds is 5. The molecule has 1 aromatic rings. The van der Waals surface area contributed by atoms with Gasteiger partial charge in [-0.3, -0.25) is 0 Å². The van der Waals surface area contributed by atoms with Gasteiger partial charge in [0.2, 0.25) is 0 Å². The van der Waals surface area contributed by atoms with Gasteiger partial charge in [0.05, 0.1) is 18.2 Å². The third kappa shape index (κ3) is 5.76. The van der Waals surface area contributed by atoms with Crippen molar-refractivity contribution in [1.29, 1.82) is 5.26 Å². The molecule has 0 aliphatic carbocycles. The van der Waals surface area contributed by atoms with Crippen molar-refractivity contribution in [2.75, 3.05) is 12.3 Å². The van der Waals surface area contributed by atoms with Crippen LogP contribution in [0.1, 0.15) is 11.1 Å². The highest BCUT2D eigenvalue weighted by Gasteiger charge is 2.14. The smallest absolute Gasteiger partial charge is 0.407 e. The average Bonchev–Trinajstić information content (AvgIpc) is 2.35. The van der Waals surface area contributed by atoms with Crippen molar-refractivity contribution in [1.82, 2.24) is 5.32 Å². The molecule has 1 aromatic carbocycles. The minimum atomic E-state index is -1.20. The summed E-state index contributed by atoms with van der Waals surface area (Å²) in [5.74, 6) is 0. The van der Waals surface area contributed by atoms with Crippen molar-refractivity contribution in [2.24, 2.45) is 0 Å². The van der Waals surface area contributed by atoms with Crippen molar-refractivity contribution < 1.29 is 9.53 Å². The fourth-order valence-electron chi connectivity index (χ4n) is 1.54. The third-order valence-electron chi connectivity index (χ3n) is 2.76. The second-order valence-corrected chi connectivity index (χ2v) is 11.4. The van der Waals surface area contributed by atoms with Gasteiger partial charge in [-0.25, -0.2) is 4.79 Å². The maximum absolute atomic E-state index is 11.6. The Balaban J connectivity index is 2.46. The number of nitrogens with zero attached hydrogens (tertiary/aromatic N) is 1. The van der Waals surface area contributed by atoms with Gasteiger partial charge in [0.1, 0.15) is 0 Å². The molecule has 0 saturated heterocycles. The predicted molar refractivity (Wildman–Crippen MR) is 81.9 cm³/mol. The van der Waals surface area contributed by atoms with E-state index in [0.717, 1.165) is 6.04 Å². The Kier molecular flexibility index (Phi) is 5.59. The van der Waals surface area contributed by atoms with E-state index in [-0.39, 0.29) is 6.54 Å². The van der Waals surface area contributed by atoms with Gasteiger partial charge in [0, 0.05) is 20.3 Å². The van der Waals surface area contributed by atoms with Crippen molar-refractivity contribution in [3.8, 4) is 6.07 Å². The zero-order valence-corrected chi connectivity index (χ0v) is 13.2. The fourth-order valence-corrected chi connectivity index (χ4v) is 2.25. The van der Waals surface area contributed by atoms with Gasteiger partial charge in [0.15, 0.2) is 0 Å². The Morgan fingerprint density at radius 1 is 1.45 bits per heavy atom. The molecule has 108 valence electrons. The number of benzene rings is 1. The van der Waals surface area contributed by atoms with Crippen LogP contribution in [-0.4, -0.2) is 20.8 Å². The van der Waals surface area contributed by atoms with Crippen LogP contribution in [0.3, 0.4) is 0 Å². The topological polar surface area (TPSA) is 88.1 Å². The molecule has 6 heteroatoms. The first-order chi connectivity index (χ1) is 9.31. The number of carbonyl (C=O) groups excluding carboxylic acids is 1. The lowest BCUT2D eigenvalue weighted by atomic mass is 10.1. The molecular formula is C14H21N3O2Si. The van der Waals surface area contributed by atoms with Crippen molar-refractivity contribution in [2.45, 2.75) is 32.2 Å². The highest BCUT2D eigenvalue weighted by Crippen LogP contribution is 2.12. The first-order valence-electron chi connectivity index (χ1n) is 6.51. The Labute approximate surface area is 120 Å². The maximum Gasteiger partial charge on any atom is 0.407 e. The van der Waals surface area contributed by atoms with E-state index in [1.54, 1.807) is 18.2 Å². The van der Waals surface area contributed by atoms with Gasteiger partial charge in [-0.05, 0) is 29.8 Å². The second-order valence-electron chi connectivity index (χ2n) is 5.83. The lowest BCUT2D eigenvalue weighted by molar-refractivity contribution is 0.151. The third-order valence-corrected chi connectivity index (χ3v) is 4.46. The number of nitrogens with one attached hydrogen (secondary N) is 1. The van der Waals surface area contributed by atoms with Crippen LogP contribution in [0.4, 0.5) is 10.5 Å². The number of amides is 1. The molecule has 0 aliphatic heterocycles. The van der Waals surface area contributed by atoms with Crippen molar-refractivity contribution in [3.05, 3.63) is 29.3 Å². The quantitative estimate of drug-likeness (QED) is 0.645. The van der Waals surface area contributed by atoms with Gasteiger partial charge in [-0.15, -0.1) is 0 Å². The van der Waals surface area contributed by atoms with Crippen LogP contribution < -0.4 is 11.1 Å². The molecule has 0 spiro atoms. The van der Waals surface area contributed by atoms with Crippen LogP contribution >= 0.6 is 0 Å². The van der Waals surface area contributed by atoms with E-state index in [2.05, 4.69) is 31.0 Å². The van der Waals surface area contributed by atoms with Crippen molar-refractivity contribution in [3.63, 3.8) is 0 Å². The lowest BCUT2D eigenvalue weighted by Crippen LogP contribution is -2.28. The highest BCUT2D eigenvalue weighted by atomic mass is 28.3. The first-order valence-corrected chi connectivity index (χ1v) is 10.2. The minimum Gasteiger partial charge on any atom is -0.450 e. The Morgan fingerprint density at radius 3 is 2.75 bits per heavy atom. The van der Waals surface area contributed by atoms with Crippen LogP contribution in [0.5, 0.6) is 0 Å². The van der Waals surface area contributed by atoms with Crippen LogP contribution in [0.2, 0.25) is 25.7 Å². The zero-order chi connectivity index (χ0) is 15.2. The standard InChI is InChI=1S/C14H21N3O2Si/c1-20(2,3)7-6-19-14(18)17-10-12-8-13(16)5-4-11(12)9-15/h4-5,8H,6-7,10,16H2,1-3H3,(H,17,18). The van der Waals surface area contributed by atoms with E-state index >= 15 is 0 Å². The van der Waals surface area contributed by atoms with Crippen LogP contribution in [-0.2, 0) is 11.3 Å². The van der Waals surface area contributed by atoms with Gasteiger partial charge < -0.3 is 15.8 Å². The second kappa shape index (κ2) is 6.96. The van der Waals surface area contributed by atoms with Crippen LogP contribution in [0.25, 0.3) is 0 Å². The molecule has 0 unspecified atom stereocenters. The Hall–Kier alpha value is -2.00. The van der Waals surface area contributed by atoms with Crippen LogP contribution in [0.15, 0.2) is 18.2 Å². The summed E-state index contributed by atoms with van der Waals surface area (Å²) >= 11 is 0. The molecule has 0 radical (unpaired) electrons. The summed E-state index contributed by atoms with van der Waals surface area (Å²) in [6.45, 7) is 7.34. The molecule has 0 fully saturated rings. The number of ether oxygens (including phenoxy) is 1. The molecule has 20 heavy (non-hydrogen) atoms. The molecule has 0 bridgehead atoms. The number of anilines is 1. The van der Waals surface area contributed by atoms with Gasteiger partial charge in [-0.2, -0.15) is 5.26 Å². The SMILES string of the molecule is C[Si](C)(C)CCOC(=O)NCc1cc(N)ccc1C#N. The monoisotopic (exact) mass is 291 g/mol. The molecule has 0 atom stereocenters. The number of hydrogen-bond acceptors (Lipinski definition) is 4. The maximum atomic E-state index is 11.6. The highest BCUT2D eigenvalue weighted by molar-refractivity contribution is 6.76. The molecule has 0 aliphatic rings. The predicted octanol–water partition coefficient (Wildman–Crippen LogP) is 2.70. The summed E-state index contributed by atoms with van der Waals surface area (Å²) in [7, 11) is -1.20. The number of carbonyl (C=O) groups is 1. The Morgan fingerprint density at radius 2 is 2.15 bits per heavy atom. The number of nitrogen functional groups attached to an aromatic ring is 1. The zero-order valence-electron chi connectivity index (χ0n) is 12.2. The van der Waals surface area contributed by atoms with Gasteiger partial charge in [0.25, 0.3) is 0 Å². The first kappa shape index (κ1) is 16.1. The number of hydrogen-bond donors (Lipinski definition) is 2. The summed E-state index contributed by atoms with van der Waals surface area (Å²) in [6, 6.07) is 7.98. The van der Waals surface area contributed by atoms with E-state index in [1.165, 1.54) is 0 Å². The van der Waals surface area contributed by atoms with Crippen LogP contribution in [0, 0.1) is 11.3 Å². The fraction of sp³-hybridized carbons (Fsp3) is 0.429. The van der Waals surface area contributed by atoms with E-state index in [4.69, 9.17) is 15.7 Å². The summed E-state index contributed by atoms with van der Waals surface area (Å²) in [6.07, 6.45) is -0.463. The van der Waals surface area contributed by atoms with Crippen molar-refractivity contribution >= 4 is 19.9 Å². The van der Waals surface area contributed by atoms with E-state index < -0.39 is 14.2 Å². The molecule has 1 rings (SSSR count). The molecule has 5 nitrogen and oxygen atoms in total. The summed E-state index contributed by atoms with van der Waals surface area (Å²) in [5.41, 5.74) is 7.42. The number of nitriles is 1. The summed E-state index contributed by atoms with van der Waals surface area (Å²) < 4.78 is 5.11. The Bertz CT molecular complexity index is 518. The largest absolute Gasteiger partial charge is 0.450 e. The molecule has 0 saturated carbocycles. The molecule has 0 aromatic heterocycles. The number of nitrogens with two attached hydrogens (primary N) is 1. The lowest BCUT2D eigenvalue weighted by Gasteiger charge is -2.15.